The second-order valence-electron chi connectivity index (χ2n) is 6.23. The third kappa shape index (κ3) is 4.85. The van der Waals surface area contributed by atoms with Gasteiger partial charge in [0.1, 0.15) is 12.4 Å². The highest BCUT2D eigenvalue weighted by molar-refractivity contribution is 5.80. The molecule has 1 heterocycles. The molecule has 1 atom stereocenters. The van der Waals surface area contributed by atoms with E-state index in [-0.39, 0.29) is 5.91 Å². The van der Waals surface area contributed by atoms with E-state index in [1.807, 2.05) is 48.5 Å². The summed E-state index contributed by atoms with van der Waals surface area (Å²) in [4.78, 5) is 12.8. The molecule has 1 aromatic heterocycles. The molecule has 0 bridgehead atoms. The largest absolute Gasteiger partial charge is 0.493 e. The van der Waals surface area contributed by atoms with Crippen LogP contribution in [0.2, 0.25) is 0 Å². The fourth-order valence-corrected chi connectivity index (χ4v) is 2.94. The van der Waals surface area contributed by atoms with Crippen LogP contribution in [0.4, 0.5) is 0 Å². The number of hydrogen-bond acceptors (Lipinski definition) is 6. The summed E-state index contributed by atoms with van der Waals surface area (Å²) in [6.45, 7) is 0.488. The first kappa shape index (κ1) is 19.3. The smallest absolute Gasteiger partial charge is 0.245 e. The van der Waals surface area contributed by atoms with Crippen molar-refractivity contribution >= 4 is 5.91 Å². The second kappa shape index (κ2) is 9.50. The minimum atomic E-state index is -0.511. The molecule has 0 saturated heterocycles. The summed E-state index contributed by atoms with van der Waals surface area (Å²) in [5, 5.41) is 14.2. The van der Waals surface area contributed by atoms with Crippen molar-refractivity contribution in [3.63, 3.8) is 0 Å². The lowest BCUT2D eigenvalue weighted by Crippen LogP contribution is -2.35. The number of carbonyl (C=O) groups is 1. The molecular formula is C20H23N5O3. The Labute approximate surface area is 163 Å². The fourth-order valence-electron chi connectivity index (χ4n) is 2.94. The van der Waals surface area contributed by atoms with Crippen LogP contribution >= 0.6 is 0 Å². The zero-order valence-electron chi connectivity index (χ0n) is 15.9. The van der Waals surface area contributed by atoms with E-state index in [9.17, 15) is 4.79 Å². The van der Waals surface area contributed by atoms with E-state index in [2.05, 4.69) is 20.8 Å². The SMILES string of the molecule is COc1ccc(CCNC(=O)[C@@H](Cc2ccccc2)n2cnnn2)cc1OC. The van der Waals surface area contributed by atoms with Crippen molar-refractivity contribution in [1.82, 2.24) is 25.5 Å². The molecule has 0 fully saturated rings. The van der Waals surface area contributed by atoms with Crippen LogP contribution in [0.15, 0.2) is 54.9 Å². The topological polar surface area (TPSA) is 91.2 Å². The molecule has 8 nitrogen and oxygen atoms in total. The first-order chi connectivity index (χ1) is 13.7. The summed E-state index contributed by atoms with van der Waals surface area (Å²) < 4.78 is 12.1. The minimum Gasteiger partial charge on any atom is -0.493 e. The zero-order valence-corrected chi connectivity index (χ0v) is 15.9. The number of aromatic nitrogens is 4. The standard InChI is InChI=1S/C20H23N5O3/c1-27-18-9-8-16(13-19(18)28-2)10-11-21-20(26)17(25-14-22-23-24-25)12-15-6-4-3-5-7-15/h3-9,13-14,17H,10-12H2,1-2H3,(H,21,26)/t17-/m1/s1. The maximum absolute atomic E-state index is 12.8. The highest BCUT2D eigenvalue weighted by atomic mass is 16.5. The van der Waals surface area contributed by atoms with E-state index in [4.69, 9.17) is 9.47 Å². The molecule has 8 heteroatoms. The van der Waals surface area contributed by atoms with Crippen molar-refractivity contribution in [3.05, 3.63) is 66.0 Å². The van der Waals surface area contributed by atoms with Crippen molar-refractivity contribution in [2.45, 2.75) is 18.9 Å². The molecule has 0 aliphatic carbocycles. The monoisotopic (exact) mass is 381 g/mol. The number of hydrogen-bond donors (Lipinski definition) is 1. The predicted molar refractivity (Wildman–Crippen MR) is 103 cm³/mol. The van der Waals surface area contributed by atoms with Gasteiger partial charge in [0.2, 0.25) is 5.91 Å². The van der Waals surface area contributed by atoms with Crippen LogP contribution < -0.4 is 14.8 Å². The highest BCUT2D eigenvalue weighted by Gasteiger charge is 2.22. The molecular weight excluding hydrogens is 358 g/mol. The molecule has 146 valence electrons. The summed E-state index contributed by atoms with van der Waals surface area (Å²) in [6.07, 6.45) is 2.63. The maximum Gasteiger partial charge on any atom is 0.245 e. The van der Waals surface area contributed by atoms with E-state index < -0.39 is 6.04 Å². The number of methoxy groups -OCH3 is 2. The van der Waals surface area contributed by atoms with Gasteiger partial charge in [-0.2, -0.15) is 0 Å². The summed E-state index contributed by atoms with van der Waals surface area (Å²) in [6, 6.07) is 15.0. The summed E-state index contributed by atoms with van der Waals surface area (Å²) in [5.41, 5.74) is 2.08. The van der Waals surface area contributed by atoms with Gasteiger partial charge < -0.3 is 14.8 Å². The van der Waals surface area contributed by atoms with Gasteiger partial charge in [-0.25, -0.2) is 4.68 Å². The molecule has 3 aromatic rings. The van der Waals surface area contributed by atoms with Crippen molar-refractivity contribution in [2.24, 2.45) is 0 Å². The van der Waals surface area contributed by atoms with Crippen LogP contribution in [0.5, 0.6) is 11.5 Å². The molecule has 0 saturated carbocycles. The molecule has 1 N–H and O–H groups in total. The van der Waals surface area contributed by atoms with E-state index in [1.54, 1.807) is 14.2 Å². The Kier molecular flexibility index (Phi) is 6.56. The maximum atomic E-state index is 12.8. The van der Waals surface area contributed by atoms with Crippen molar-refractivity contribution in [3.8, 4) is 11.5 Å². The molecule has 2 aromatic carbocycles. The molecule has 0 spiro atoms. The van der Waals surface area contributed by atoms with Crippen LogP contribution in [0.25, 0.3) is 0 Å². The van der Waals surface area contributed by atoms with Crippen LogP contribution in [0, 0.1) is 0 Å². The van der Waals surface area contributed by atoms with E-state index in [0.717, 1.165) is 11.1 Å². The Morgan fingerprint density at radius 3 is 2.54 bits per heavy atom. The predicted octanol–water partition coefficient (Wildman–Crippen LogP) is 1.83. The number of benzene rings is 2. The lowest BCUT2D eigenvalue weighted by Gasteiger charge is -2.16. The number of amides is 1. The fraction of sp³-hybridized carbons (Fsp3) is 0.300. The first-order valence-electron chi connectivity index (χ1n) is 8.96. The average Bonchev–Trinajstić information content (AvgIpc) is 3.27. The van der Waals surface area contributed by atoms with Crippen LogP contribution in [-0.4, -0.2) is 46.9 Å². The van der Waals surface area contributed by atoms with Gasteiger partial charge in [-0.15, -0.1) is 5.10 Å². The number of nitrogens with one attached hydrogen (secondary N) is 1. The lowest BCUT2D eigenvalue weighted by atomic mass is 10.1. The average molecular weight is 381 g/mol. The van der Waals surface area contributed by atoms with Crippen molar-refractivity contribution in [2.75, 3.05) is 20.8 Å². The third-order valence-electron chi connectivity index (χ3n) is 4.42. The zero-order chi connectivity index (χ0) is 19.8. The third-order valence-corrected chi connectivity index (χ3v) is 4.42. The van der Waals surface area contributed by atoms with Gasteiger partial charge >= 0.3 is 0 Å². The summed E-state index contributed by atoms with van der Waals surface area (Å²) >= 11 is 0. The van der Waals surface area contributed by atoms with Crippen molar-refractivity contribution in [1.29, 1.82) is 0 Å². The molecule has 28 heavy (non-hydrogen) atoms. The van der Waals surface area contributed by atoms with E-state index in [0.29, 0.717) is 30.9 Å². The highest BCUT2D eigenvalue weighted by Crippen LogP contribution is 2.27. The van der Waals surface area contributed by atoms with E-state index in [1.165, 1.54) is 11.0 Å². The number of ether oxygens (including phenoxy) is 2. The number of tetrazole rings is 1. The molecule has 0 aliphatic heterocycles. The van der Waals surface area contributed by atoms with E-state index >= 15 is 0 Å². The molecule has 0 radical (unpaired) electrons. The van der Waals surface area contributed by atoms with Gasteiger partial charge in [0.05, 0.1) is 14.2 Å². The second-order valence-corrected chi connectivity index (χ2v) is 6.23. The molecule has 3 rings (SSSR count). The molecule has 0 unspecified atom stereocenters. The Hall–Kier alpha value is -3.42. The summed E-state index contributed by atoms with van der Waals surface area (Å²) in [5.74, 6) is 1.22. The number of nitrogens with zero attached hydrogens (tertiary/aromatic N) is 4. The Balaban J connectivity index is 1.62. The number of rotatable bonds is 9. The van der Waals surface area contributed by atoms with Crippen LogP contribution in [0.1, 0.15) is 17.2 Å². The van der Waals surface area contributed by atoms with Crippen LogP contribution in [-0.2, 0) is 17.6 Å². The summed E-state index contributed by atoms with van der Waals surface area (Å²) in [7, 11) is 3.20. The lowest BCUT2D eigenvalue weighted by molar-refractivity contribution is -0.124. The first-order valence-corrected chi connectivity index (χ1v) is 8.96. The Morgan fingerprint density at radius 2 is 1.86 bits per heavy atom. The normalized spacial score (nSPS) is 11.6. The van der Waals surface area contributed by atoms with Crippen LogP contribution in [0.3, 0.4) is 0 Å². The van der Waals surface area contributed by atoms with Gasteiger partial charge in [-0.1, -0.05) is 36.4 Å². The van der Waals surface area contributed by atoms with Gasteiger partial charge in [0, 0.05) is 13.0 Å². The van der Waals surface area contributed by atoms with Crippen molar-refractivity contribution < 1.29 is 14.3 Å². The quantitative estimate of drug-likeness (QED) is 0.608. The van der Waals surface area contributed by atoms with Gasteiger partial charge in [-0.3, -0.25) is 4.79 Å². The Morgan fingerprint density at radius 1 is 1.07 bits per heavy atom. The van der Waals surface area contributed by atoms with Gasteiger partial charge in [0.15, 0.2) is 11.5 Å². The Bertz CT molecular complexity index is 884. The number of carbonyl (C=O) groups excluding carboxylic acids is 1. The molecule has 1 amide bonds. The van der Waals surface area contributed by atoms with Gasteiger partial charge in [-0.05, 0) is 40.1 Å². The minimum absolute atomic E-state index is 0.128. The van der Waals surface area contributed by atoms with Gasteiger partial charge in [0.25, 0.3) is 0 Å². The molecule has 0 aliphatic rings.